The second-order valence-corrected chi connectivity index (χ2v) is 32.4. The lowest BCUT2D eigenvalue weighted by molar-refractivity contribution is -0.870. The highest BCUT2D eigenvalue weighted by molar-refractivity contribution is 7.47. The molecule has 3 atom stereocenters. The Kier molecular flexibility index (Phi) is 74.3. The van der Waals surface area contributed by atoms with Crippen molar-refractivity contribution < 1.29 is 32.9 Å². The van der Waals surface area contributed by atoms with E-state index in [-0.39, 0.29) is 19.1 Å². The molecule has 0 saturated carbocycles. The number of phosphoric acid groups is 1. The zero-order chi connectivity index (χ0) is 66.9. The first-order valence-corrected chi connectivity index (χ1v) is 43.9. The Morgan fingerprint density at radius 3 is 0.728 bits per heavy atom. The van der Waals surface area contributed by atoms with Crippen molar-refractivity contribution in [3.63, 3.8) is 0 Å². The predicted molar refractivity (Wildman–Crippen MR) is 406 cm³/mol. The second-order valence-electron chi connectivity index (χ2n) is 30.9. The van der Waals surface area contributed by atoms with Crippen LogP contribution in [0.25, 0.3) is 0 Å². The largest absolute Gasteiger partial charge is 0.472 e. The lowest BCUT2D eigenvalue weighted by atomic mass is 10.0. The Morgan fingerprint density at radius 2 is 0.522 bits per heavy atom. The fraction of sp³-hybridized carbons (Fsp3) is 0.988. The maximum atomic E-state index is 13.1. The molecule has 0 radical (unpaired) electrons. The van der Waals surface area contributed by atoms with E-state index in [0.29, 0.717) is 23.9 Å². The van der Waals surface area contributed by atoms with E-state index in [1.807, 2.05) is 21.1 Å². The SMILES string of the molecule is CCCCCCCCCCCCCCCCCCCCCCCCCCCCCCCCCCCCCCCCCCCC(=O)NC(COP(=O)(O)OCC[N+](C)(C)C)C(O)CCCCCCCCCCCCCCCCCCCCCCCCCCCCCCC. The lowest BCUT2D eigenvalue weighted by Crippen LogP contribution is -2.46. The maximum Gasteiger partial charge on any atom is 0.472 e. The van der Waals surface area contributed by atoms with Gasteiger partial charge < -0.3 is 19.8 Å². The molecule has 0 aliphatic rings. The fourth-order valence-corrected chi connectivity index (χ4v) is 14.6. The van der Waals surface area contributed by atoms with Gasteiger partial charge in [-0.25, -0.2) is 4.57 Å². The van der Waals surface area contributed by atoms with Crippen molar-refractivity contribution in [2.24, 2.45) is 0 Å². The van der Waals surface area contributed by atoms with Crippen molar-refractivity contribution in [1.29, 1.82) is 0 Å². The molecule has 0 rings (SSSR count). The molecule has 0 aromatic rings. The number of aliphatic hydroxyl groups is 1. The fourth-order valence-electron chi connectivity index (χ4n) is 13.8. The van der Waals surface area contributed by atoms with E-state index in [4.69, 9.17) is 9.05 Å². The summed E-state index contributed by atoms with van der Waals surface area (Å²) in [6.45, 7) is 4.98. The number of hydrogen-bond acceptors (Lipinski definition) is 5. The van der Waals surface area contributed by atoms with E-state index in [1.54, 1.807) is 0 Å². The summed E-state index contributed by atoms with van der Waals surface area (Å²) in [5, 5.41) is 14.2. The second kappa shape index (κ2) is 74.7. The number of hydrogen-bond donors (Lipinski definition) is 3. The minimum Gasteiger partial charge on any atom is -0.391 e. The van der Waals surface area contributed by atoms with Crippen molar-refractivity contribution in [3.05, 3.63) is 0 Å². The smallest absolute Gasteiger partial charge is 0.391 e. The number of aliphatic hydroxyl groups excluding tert-OH is 1. The number of carbonyl (C=O) groups excluding carboxylic acids is 1. The molecule has 0 aromatic carbocycles. The van der Waals surface area contributed by atoms with Gasteiger partial charge in [-0.05, 0) is 12.8 Å². The van der Waals surface area contributed by atoms with Gasteiger partial charge in [0, 0.05) is 6.42 Å². The van der Waals surface area contributed by atoms with Gasteiger partial charge in [0.2, 0.25) is 5.91 Å². The summed E-state index contributed by atoms with van der Waals surface area (Å²) in [6, 6.07) is -0.758. The number of quaternary nitrogens is 1. The van der Waals surface area contributed by atoms with Crippen molar-refractivity contribution in [2.75, 3.05) is 40.9 Å². The van der Waals surface area contributed by atoms with E-state index >= 15 is 0 Å². The summed E-state index contributed by atoms with van der Waals surface area (Å²) in [5.41, 5.74) is 0. The summed E-state index contributed by atoms with van der Waals surface area (Å²) in [7, 11) is 1.65. The molecule has 0 heterocycles. The Morgan fingerprint density at radius 1 is 0.326 bits per heavy atom. The van der Waals surface area contributed by atoms with Gasteiger partial charge in [0.25, 0.3) is 0 Å². The van der Waals surface area contributed by atoms with Gasteiger partial charge in [0.15, 0.2) is 0 Å². The lowest BCUT2D eigenvalue weighted by Gasteiger charge is -2.26. The third-order valence-corrected chi connectivity index (χ3v) is 21.3. The number of amides is 1. The number of rotatable bonds is 81. The number of nitrogens with one attached hydrogen (secondary N) is 1. The summed E-state index contributed by atoms with van der Waals surface area (Å²) >= 11 is 0. The van der Waals surface area contributed by atoms with Gasteiger partial charge >= 0.3 is 7.82 Å². The number of phosphoric ester groups is 1. The number of carbonyl (C=O) groups is 1. The highest BCUT2D eigenvalue weighted by Crippen LogP contribution is 2.43. The molecule has 8 nitrogen and oxygen atoms in total. The molecule has 0 aromatic heterocycles. The maximum absolute atomic E-state index is 13.1. The first-order chi connectivity index (χ1) is 45.0. The van der Waals surface area contributed by atoms with E-state index in [9.17, 15) is 19.4 Å². The molecule has 0 fully saturated rings. The normalized spacial score (nSPS) is 13.3. The quantitative estimate of drug-likeness (QED) is 0.0318. The van der Waals surface area contributed by atoms with Gasteiger partial charge in [-0.15, -0.1) is 0 Å². The molecule has 92 heavy (non-hydrogen) atoms. The van der Waals surface area contributed by atoms with Crippen LogP contribution in [0.1, 0.15) is 476 Å². The Hall–Kier alpha value is -0.500. The first-order valence-electron chi connectivity index (χ1n) is 42.4. The van der Waals surface area contributed by atoms with E-state index in [2.05, 4.69) is 19.2 Å². The van der Waals surface area contributed by atoms with Crippen LogP contribution in [0.5, 0.6) is 0 Å². The summed E-state index contributed by atoms with van der Waals surface area (Å²) < 4.78 is 24.0. The van der Waals surface area contributed by atoms with Gasteiger partial charge in [-0.2, -0.15) is 0 Å². The van der Waals surface area contributed by atoms with Gasteiger partial charge in [-0.3, -0.25) is 13.8 Å². The van der Waals surface area contributed by atoms with Gasteiger partial charge in [0.1, 0.15) is 13.2 Å². The third-order valence-electron chi connectivity index (χ3n) is 20.4. The monoisotopic (exact) mass is 1320 g/mol. The highest BCUT2D eigenvalue weighted by atomic mass is 31.2. The molecule has 9 heteroatoms. The molecular weight excluding hydrogens is 1150 g/mol. The van der Waals surface area contributed by atoms with Crippen molar-refractivity contribution in [1.82, 2.24) is 5.32 Å². The molecular formula is C83H170N2O6P+. The zero-order valence-electron chi connectivity index (χ0n) is 63.6. The van der Waals surface area contributed by atoms with Crippen molar-refractivity contribution in [2.45, 2.75) is 488 Å². The minimum atomic E-state index is -4.33. The van der Waals surface area contributed by atoms with Crippen LogP contribution in [-0.4, -0.2) is 73.4 Å². The van der Waals surface area contributed by atoms with Crippen LogP contribution in [0.3, 0.4) is 0 Å². The molecule has 0 saturated heterocycles. The molecule has 0 bridgehead atoms. The number of nitrogens with zero attached hydrogens (tertiary/aromatic N) is 1. The van der Waals surface area contributed by atoms with Crippen molar-refractivity contribution in [3.8, 4) is 0 Å². The Balaban J connectivity index is 3.83. The van der Waals surface area contributed by atoms with E-state index < -0.39 is 20.0 Å². The zero-order valence-corrected chi connectivity index (χ0v) is 64.5. The summed E-state index contributed by atoms with van der Waals surface area (Å²) in [4.78, 5) is 23.5. The Bertz CT molecular complexity index is 1460. The van der Waals surface area contributed by atoms with Crippen LogP contribution in [-0.2, 0) is 18.4 Å². The average Bonchev–Trinajstić information content (AvgIpc) is 2.63. The number of likely N-dealkylation sites (N-methyl/N-ethyl adjacent to an activating group) is 1. The predicted octanol–water partition coefficient (Wildman–Crippen LogP) is 27.8. The van der Waals surface area contributed by atoms with Crippen LogP contribution in [0.15, 0.2) is 0 Å². The van der Waals surface area contributed by atoms with E-state index in [0.717, 1.165) is 38.5 Å². The molecule has 0 spiro atoms. The number of unbranched alkanes of at least 4 members (excludes halogenated alkanes) is 68. The van der Waals surface area contributed by atoms with E-state index in [1.165, 1.54) is 411 Å². The Labute approximate surface area is 578 Å². The topological polar surface area (TPSA) is 105 Å². The summed E-state index contributed by atoms with van der Waals surface area (Å²) in [6.07, 6.45) is 97.2. The van der Waals surface area contributed by atoms with Crippen LogP contribution in [0.2, 0.25) is 0 Å². The van der Waals surface area contributed by atoms with Gasteiger partial charge in [-0.1, -0.05) is 457 Å². The molecule has 552 valence electrons. The molecule has 0 aliphatic heterocycles. The minimum absolute atomic E-state index is 0.0797. The average molecular weight is 1320 g/mol. The third kappa shape index (κ3) is 76.9. The molecule has 1 amide bonds. The first kappa shape index (κ1) is 91.5. The molecule has 0 aliphatic carbocycles. The van der Waals surface area contributed by atoms with Crippen LogP contribution < -0.4 is 5.32 Å². The summed E-state index contributed by atoms with van der Waals surface area (Å²) in [5.74, 6) is -0.131. The van der Waals surface area contributed by atoms with Crippen LogP contribution in [0, 0.1) is 0 Å². The molecule has 3 unspecified atom stereocenters. The van der Waals surface area contributed by atoms with Crippen LogP contribution in [0.4, 0.5) is 0 Å². The molecule has 3 N–H and O–H groups in total. The standard InChI is InChI=1S/C83H169N2O6P/c1-6-8-10-12-14-16-18-20-22-24-26-28-30-32-34-36-37-38-39-40-41-42-43-44-45-46-47-49-51-53-55-57-59-61-63-65-67-69-71-73-75-77-83(87)84-81(80-91-92(88,89)90-79-78-85(3,4)5)82(86)76-74-72-70-68-66-64-62-60-58-56-54-52-50-48-35-33-31-29-27-25-23-21-19-17-15-13-11-9-7-2/h81-82,86H,6-80H2,1-5H3,(H-,84,87,88,89)/p+1. The van der Waals surface area contributed by atoms with Crippen LogP contribution >= 0.6 is 7.82 Å². The van der Waals surface area contributed by atoms with Gasteiger partial charge in [0.05, 0.1) is 39.9 Å². The highest BCUT2D eigenvalue weighted by Gasteiger charge is 2.28. The van der Waals surface area contributed by atoms with Crippen molar-refractivity contribution >= 4 is 13.7 Å².